The molecule has 1 N–H and O–H groups in total. The Bertz CT molecular complexity index is 756. The van der Waals surface area contributed by atoms with Crippen molar-refractivity contribution < 1.29 is 4.79 Å². The van der Waals surface area contributed by atoms with E-state index in [9.17, 15) is 4.79 Å². The molecule has 0 atom stereocenters. The van der Waals surface area contributed by atoms with E-state index in [1.165, 1.54) is 22.6 Å². The molecule has 0 unspecified atom stereocenters. The molecule has 126 valence electrons. The number of para-hydroxylation sites is 1. The van der Waals surface area contributed by atoms with E-state index in [-0.39, 0.29) is 5.91 Å². The Labute approximate surface area is 151 Å². The molecule has 2 aromatic rings. The SMILES string of the molecule is CC(=NNC(=O)CCN1CCCc2ccccc21)c1ccc(Cl)s1. The van der Waals surface area contributed by atoms with E-state index < -0.39 is 0 Å². The van der Waals surface area contributed by atoms with Crippen LogP contribution in [0.2, 0.25) is 4.34 Å². The van der Waals surface area contributed by atoms with Gasteiger partial charge in [-0.3, -0.25) is 4.79 Å². The first-order valence-corrected chi connectivity index (χ1v) is 9.24. The number of nitrogens with zero attached hydrogens (tertiary/aromatic N) is 2. The van der Waals surface area contributed by atoms with Crippen molar-refractivity contribution in [2.45, 2.75) is 26.2 Å². The summed E-state index contributed by atoms with van der Waals surface area (Å²) in [6.45, 7) is 3.58. The van der Waals surface area contributed by atoms with Crippen LogP contribution in [-0.2, 0) is 11.2 Å². The molecule has 1 aliphatic heterocycles. The summed E-state index contributed by atoms with van der Waals surface area (Å²) >= 11 is 7.37. The van der Waals surface area contributed by atoms with Crippen LogP contribution in [0.25, 0.3) is 0 Å². The van der Waals surface area contributed by atoms with Crippen LogP contribution in [0.1, 0.15) is 30.2 Å². The van der Waals surface area contributed by atoms with Crippen molar-refractivity contribution in [3.8, 4) is 0 Å². The summed E-state index contributed by atoms with van der Waals surface area (Å²) < 4.78 is 0.717. The number of benzene rings is 1. The molecule has 0 saturated heterocycles. The van der Waals surface area contributed by atoms with Crippen LogP contribution in [0.15, 0.2) is 41.5 Å². The fourth-order valence-corrected chi connectivity index (χ4v) is 3.83. The van der Waals surface area contributed by atoms with E-state index in [0.717, 1.165) is 34.3 Å². The number of hydrogen-bond acceptors (Lipinski definition) is 4. The molecule has 0 radical (unpaired) electrons. The molecule has 1 aromatic heterocycles. The van der Waals surface area contributed by atoms with Crippen LogP contribution in [-0.4, -0.2) is 24.7 Å². The second kappa shape index (κ2) is 7.81. The molecule has 0 spiro atoms. The van der Waals surface area contributed by atoms with E-state index in [2.05, 4.69) is 39.7 Å². The molecule has 2 heterocycles. The summed E-state index contributed by atoms with van der Waals surface area (Å²) in [7, 11) is 0. The Balaban J connectivity index is 1.53. The number of anilines is 1. The van der Waals surface area contributed by atoms with Gasteiger partial charge >= 0.3 is 0 Å². The zero-order chi connectivity index (χ0) is 16.9. The summed E-state index contributed by atoms with van der Waals surface area (Å²) in [6, 6.07) is 12.2. The molecule has 1 aromatic carbocycles. The maximum Gasteiger partial charge on any atom is 0.241 e. The lowest BCUT2D eigenvalue weighted by atomic mass is 10.0. The third kappa shape index (κ3) is 4.16. The molecular weight excluding hydrogens is 342 g/mol. The molecular formula is C18H20ClN3OS. The van der Waals surface area contributed by atoms with Gasteiger partial charge in [0.15, 0.2) is 0 Å². The minimum absolute atomic E-state index is 0.0694. The third-order valence-electron chi connectivity index (χ3n) is 4.09. The Hall–Kier alpha value is -1.85. The summed E-state index contributed by atoms with van der Waals surface area (Å²) in [5.41, 5.74) is 6.03. The summed E-state index contributed by atoms with van der Waals surface area (Å²) in [5, 5.41) is 4.17. The highest BCUT2D eigenvalue weighted by atomic mass is 35.5. The first-order valence-electron chi connectivity index (χ1n) is 8.05. The van der Waals surface area contributed by atoms with E-state index in [1.807, 2.05) is 19.1 Å². The number of halogens is 1. The number of fused-ring (bicyclic) bond motifs is 1. The normalized spacial score (nSPS) is 14.4. The van der Waals surface area contributed by atoms with Crippen molar-refractivity contribution in [2.75, 3.05) is 18.0 Å². The van der Waals surface area contributed by atoms with Gasteiger partial charge in [-0.25, -0.2) is 5.43 Å². The van der Waals surface area contributed by atoms with Crippen LogP contribution in [0.5, 0.6) is 0 Å². The lowest BCUT2D eigenvalue weighted by Crippen LogP contribution is -2.33. The molecule has 0 saturated carbocycles. The molecule has 1 amide bonds. The number of amides is 1. The monoisotopic (exact) mass is 361 g/mol. The van der Waals surface area contributed by atoms with Crippen LogP contribution >= 0.6 is 22.9 Å². The highest BCUT2D eigenvalue weighted by molar-refractivity contribution is 7.18. The smallest absolute Gasteiger partial charge is 0.241 e. The molecule has 0 fully saturated rings. The lowest BCUT2D eigenvalue weighted by Gasteiger charge is -2.31. The van der Waals surface area contributed by atoms with E-state index in [0.29, 0.717) is 13.0 Å². The van der Waals surface area contributed by atoms with E-state index in [1.54, 1.807) is 0 Å². The standard InChI is InChI=1S/C18H20ClN3OS/c1-13(16-8-9-17(19)24-16)20-21-18(23)10-12-22-11-4-6-14-5-2-3-7-15(14)22/h2-3,5,7-9H,4,6,10-12H2,1H3,(H,21,23). The number of carbonyl (C=O) groups excluding carboxylic acids is 1. The van der Waals surface area contributed by atoms with Crippen molar-refractivity contribution in [3.05, 3.63) is 51.2 Å². The van der Waals surface area contributed by atoms with Gasteiger partial charge in [-0.2, -0.15) is 5.10 Å². The quantitative estimate of drug-likeness (QED) is 0.644. The molecule has 1 aliphatic rings. The topological polar surface area (TPSA) is 44.7 Å². The highest BCUT2D eigenvalue weighted by Gasteiger charge is 2.16. The number of rotatable bonds is 5. The number of hydrogen-bond donors (Lipinski definition) is 1. The summed E-state index contributed by atoms with van der Waals surface area (Å²) in [6.07, 6.45) is 2.68. The van der Waals surface area contributed by atoms with Crippen molar-refractivity contribution in [1.82, 2.24) is 5.43 Å². The Morgan fingerprint density at radius 2 is 2.17 bits per heavy atom. The molecule has 0 aliphatic carbocycles. The zero-order valence-electron chi connectivity index (χ0n) is 13.6. The maximum absolute atomic E-state index is 12.1. The Morgan fingerprint density at radius 1 is 1.33 bits per heavy atom. The predicted molar refractivity (Wildman–Crippen MR) is 101 cm³/mol. The van der Waals surface area contributed by atoms with E-state index >= 15 is 0 Å². The van der Waals surface area contributed by atoms with Gasteiger partial charge in [0, 0.05) is 25.2 Å². The minimum Gasteiger partial charge on any atom is -0.371 e. The number of thiophene rings is 1. The van der Waals surface area contributed by atoms with Crippen LogP contribution in [0, 0.1) is 0 Å². The van der Waals surface area contributed by atoms with Crippen molar-refractivity contribution in [2.24, 2.45) is 5.10 Å². The van der Waals surface area contributed by atoms with E-state index in [4.69, 9.17) is 11.6 Å². The molecule has 4 nitrogen and oxygen atoms in total. The predicted octanol–water partition coefficient (Wildman–Crippen LogP) is 4.08. The van der Waals surface area contributed by atoms with Crippen LogP contribution < -0.4 is 10.3 Å². The second-order valence-corrected chi connectivity index (χ2v) is 7.52. The fraction of sp³-hybridized carbons (Fsp3) is 0.333. The Kier molecular flexibility index (Phi) is 5.53. The van der Waals surface area contributed by atoms with Gasteiger partial charge in [-0.05, 0) is 43.5 Å². The first-order chi connectivity index (χ1) is 11.6. The molecule has 24 heavy (non-hydrogen) atoms. The summed E-state index contributed by atoms with van der Waals surface area (Å²) in [4.78, 5) is 15.3. The van der Waals surface area contributed by atoms with Crippen molar-refractivity contribution in [3.63, 3.8) is 0 Å². The third-order valence-corrected chi connectivity index (χ3v) is 5.43. The molecule has 6 heteroatoms. The van der Waals surface area contributed by atoms with Gasteiger partial charge in [-0.1, -0.05) is 29.8 Å². The van der Waals surface area contributed by atoms with Crippen molar-refractivity contribution in [1.29, 1.82) is 0 Å². The number of hydrazone groups is 1. The lowest BCUT2D eigenvalue weighted by molar-refractivity contribution is -0.120. The maximum atomic E-state index is 12.1. The average Bonchev–Trinajstić information content (AvgIpc) is 3.04. The number of carbonyl (C=O) groups is 1. The zero-order valence-corrected chi connectivity index (χ0v) is 15.2. The largest absolute Gasteiger partial charge is 0.371 e. The van der Waals surface area contributed by atoms with Gasteiger partial charge in [0.1, 0.15) is 0 Å². The highest BCUT2D eigenvalue weighted by Crippen LogP contribution is 2.26. The van der Waals surface area contributed by atoms with Crippen LogP contribution in [0.3, 0.4) is 0 Å². The van der Waals surface area contributed by atoms with Crippen molar-refractivity contribution >= 4 is 40.2 Å². The minimum atomic E-state index is -0.0694. The van der Waals surface area contributed by atoms with Gasteiger partial charge in [-0.15, -0.1) is 11.3 Å². The number of nitrogens with one attached hydrogen (secondary N) is 1. The first kappa shape index (κ1) is 17.0. The fourth-order valence-electron chi connectivity index (χ4n) is 2.85. The van der Waals surface area contributed by atoms with Gasteiger partial charge < -0.3 is 4.90 Å². The second-order valence-electron chi connectivity index (χ2n) is 5.81. The van der Waals surface area contributed by atoms with Gasteiger partial charge in [0.25, 0.3) is 0 Å². The average molecular weight is 362 g/mol. The molecule has 3 rings (SSSR count). The van der Waals surface area contributed by atoms with Gasteiger partial charge in [0.05, 0.1) is 14.9 Å². The number of aryl methyl sites for hydroxylation is 1. The summed E-state index contributed by atoms with van der Waals surface area (Å²) in [5.74, 6) is -0.0694. The Morgan fingerprint density at radius 3 is 2.96 bits per heavy atom. The van der Waals surface area contributed by atoms with Gasteiger partial charge in [0.2, 0.25) is 5.91 Å². The van der Waals surface area contributed by atoms with Crippen LogP contribution in [0.4, 0.5) is 5.69 Å². The molecule has 0 bridgehead atoms.